The second-order valence-corrected chi connectivity index (χ2v) is 8.18. The second kappa shape index (κ2) is 8.74. The molecule has 2 heterocycles. The van der Waals surface area contributed by atoms with Crippen LogP contribution in [0.2, 0.25) is 5.02 Å². The summed E-state index contributed by atoms with van der Waals surface area (Å²) in [6.07, 6.45) is 0. The molecule has 0 aliphatic rings. The monoisotopic (exact) mass is 457 g/mol. The van der Waals surface area contributed by atoms with Crippen molar-refractivity contribution >= 4 is 34.3 Å². The lowest BCUT2D eigenvalue weighted by molar-refractivity contribution is 0.843. The number of aromatic amines is 1. The molecule has 0 bridgehead atoms. The highest BCUT2D eigenvalue weighted by molar-refractivity contribution is 7.12. The van der Waals surface area contributed by atoms with Crippen molar-refractivity contribution in [2.45, 2.75) is 0 Å². The van der Waals surface area contributed by atoms with Gasteiger partial charge in [0.05, 0.1) is 17.1 Å². The first kappa shape index (κ1) is 20.1. The Balaban J connectivity index is 1.61. The normalized spacial score (nSPS) is 11.3. The van der Waals surface area contributed by atoms with Crippen LogP contribution < -0.4 is 5.56 Å². The molecule has 8 heteroatoms. The summed E-state index contributed by atoms with van der Waals surface area (Å²) in [5.74, 6) is 0. The fourth-order valence-corrected chi connectivity index (χ4v) is 4.19. The van der Waals surface area contributed by atoms with Crippen LogP contribution in [0.15, 0.2) is 105 Å². The zero-order valence-electron chi connectivity index (χ0n) is 16.6. The van der Waals surface area contributed by atoms with Gasteiger partial charge in [-0.25, -0.2) is 4.98 Å². The maximum atomic E-state index is 13.3. The number of thiazole rings is 1. The third kappa shape index (κ3) is 4.03. The largest absolute Gasteiger partial charge is 0.301 e. The van der Waals surface area contributed by atoms with Crippen molar-refractivity contribution in [2.75, 3.05) is 0 Å². The van der Waals surface area contributed by atoms with Gasteiger partial charge in [-0.15, -0.1) is 16.5 Å². The molecule has 3 aromatic carbocycles. The Hall–Kier alpha value is -3.81. The Labute approximate surface area is 192 Å². The highest BCUT2D eigenvalue weighted by atomic mass is 35.5. The maximum absolute atomic E-state index is 13.3. The van der Waals surface area contributed by atoms with Crippen LogP contribution in [-0.4, -0.2) is 14.8 Å². The molecule has 0 saturated heterocycles. The number of benzene rings is 3. The van der Waals surface area contributed by atoms with Gasteiger partial charge in [-0.05, 0) is 18.2 Å². The number of nitrogens with one attached hydrogen (secondary N) is 1. The van der Waals surface area contributed by atoms with Gasteiger partial charge in [0.2, 0.25) is 5.13 Å². The zero-order chi connectivity index (χ0) is 21.9. The van der Waals surface area contributed by atoms with Crippen molar-refractivity contribution in [1.29, 1.82) is 0 Å². The summed E-state index contributed by atoms with van der Waals surface area (Å²) in [4.78, 5) is 18.0. The molecule has 0 aliphatic carbocycles. The van der Waals surface area contributed by atoms with Crippen molar-refractivity contribution in [2.24, 2.45) is 10.2 Å². The minimum Gasteiger partial charge on any atom is -0.286 e. The highest BCUT2D eigenvalue weighted by Crippen LogP contribution is 2.30. The number of azo groups is 1. The van der Waals surface area contributed by atoms with E-state index in [4.69, 9.17) is 11.6 Å². The molecule has 156 valence electrons. The van der Waals surface area contributed by atoms with Gasteiger partial charge >= 0.3 is 5.56 Å². The third-order valence-corrected chi connectivity index (χ3v) is 5.82. The average Bonchev–Trinajstić information content (AvgIpc) is 3.44. The van der Waals surface area contributed by atoms with Crippen LogP contribution in [0.3, 0.4) is 0 Å². The van der Waals surface area contributed by atoms with Crippen LogP contribution in [-0.2, 0) is 0 Å². The molecule has 0 unspecified atom stereocenters. The van der Waals surface area contributed by atoms with E-state index in [-0.39, 0.29) is 11.2 Å². The summed E-state index contributed by atoms with van der Waals surface area (Å²) in [5.41, 5.74) is 3.61. The van der Waals surface area contributed by atoms with Gasteiger partial charge < -0.3 is 0 Å². The summed E-state index contributed by atoms with van der Waals surface area (Å²) >= 11 is 7.42. The number of halogens is 1. The second-order valence-electron chi connectivity index (χ2n) is 6.90. The molecule has 32 heavy (non-hydrogen) atoms. The summed E-state index contributed by atoms with van der Waals surface area (Å²) in [6, 6.07) is 26.4. The predicted molar refractivity (Wildman–Crippen MR) is 129 cm³/mol. The van der Waals surface area contributed by atoms with Crippen LogP contribution in [0.25, 0.3) is 27.6 Å². The van der Waals surface area contributed by atoms with E-state index < -0.39 is 0 Å². The number of hydrogen-bond donors (Lipinski definition) is 1. The van der Waals surface area contributed by atoms with E-state index in [2.05, 4.69) is 20.3 Å². The van der Waals surface area contributed by atoms with Gasteiger partial charge in [-0.2, -0.15) is 9.80 Å². The number of hydrogen-bond acceptors (Lipinski definition) is 5. The van der Waals surface area contributed by atoms with Gasteiger partial charge in [-0.3, -0.25) is 9.89 Å². The van der Waals surface area contributed by atoms with Gasteiger partial charge in [0.15, 0.2) is 5.69 Å². The van der Waals surface area contributed by atoms with Crippen molar-refractivity contribution in [1.82, 2.24) is 14.8 Å². The van der Waals surface area contributed by atoms with Crippen molar-refractivity contribution < 1.29 is 0 Å². The molecule has 5 rings (SSSR count). The Morgan fingerprint density at radius 2 is 1.59 bits per heavy atom. The minimum absolute atomic E-state index is 0.202. The molecule has 0 saturated carbocycles. The van der Waals surface area contributed by atoms with E-state index in [1.54, 1.807) is 24.3 Å². The van der Waals surface area contributed by atoms with Gasteiger partial charge in [0.1, 0.15) is 0 Å². The predicted octanol–water partition coefficient (Wildman–Crippen LogP) is 7.02. The van der Waals surface area contributed by atoms with Gasteiger partial charge in [0.25, 0.3) is 0 Å². The fourth-order valence-electron chi connectivity index (χ4n) is 3.22. The lowest BCUT2D eigenvalue weighted by atomic mass is 10.1. The van der Waals surface area contributed by atoms with Crippen molar-refractivity contribution in [3.63, 3.8) is 0 Å². The van der Waals surface area contributed by atoms with Crippen LogP contribution in [0.4, 0.5) is 11.4 Å². The van der Waals surface area contributed by atoms with E-state index in [9.17, 15) is 4.79 Å². The lowest BCUT2D eigenvalue weighted by Crippen LogP contribution is -2.13. The molecule has 0 radical (unpaired) electrons. The van der Waals surface area contributed by atoms with Crippen LogP contribution in [0.1, 0.15) is 0 Å². The summed E-state index contributed by atoms with van der Waals surface area (Å²) in [7, 11) is 0. The summed E-state index contributed by atoms with van der Waals surface area (Å²) in [5, 5.41) is 14.7. The molecular weight excluding hydrogens is 442 g/mol. The van der Waals surface area contributed by atoms with E-state index in [1.165, 1.54) is 16.0 Å². The first-order valence-electron chi connectivity index (χ1n) is 9.78. The van der Waals surface area contributed by atoms with Crippen LogP contribution in [0, 0.1) is 0 Å². The number of rotatable bonds is 5. The van der Waals surface area contributed by atoms with Gasteiger partial charge in [-0.1, -0.05) is 78.3 Å². The Bertz CT molecular complexity index is 1450. The van der Waals surface area contributed by atoms with E-state index >= 15 is 0 Å². The quantitative estimate of drug-likeness (QED) is 0.288. The molecule has 6 nitrogen and oxygen atoms in total. The molecule has 5 aromatic rings. The summed E-state index contributed by atoms with van der Waals surface area (Å²) < 4.78 is 1.41. The summed E-state index contributed by atoms with van der Waals surface area (Å²) in [6.45, 7) is 0. The highest BCUT2D eigenvalue weighted by Gasteiger charge is 2.19. The molecule has 2 aromatic heterocycles. The Morgan fingerprint density at radius 1 is 0.875 bits per heavy atom. The van der Waals surface area contributed by atoms with Crippen LogP contribution in [0.5, 0.6) is 0 Å². The first-order chi connectivity index (χ1) is 15.7. The molecule has 0 amide bonds. The topological polar surface area (TPSA) is 75.4 Å². The average molecular weight is 458 g/mol. The number of H-pyrrole nitrogens is 1. The molecule has 0 fully saturated rings. The molecule has 0 aliphatic heterocycles. The lowest BCUT2D eigenvalue weighted by Gasteiger charge is -1.99. The van der Waals surface area contributed by atoms with Crippen molar-refractivity contribution in [3.05, 3.63) is 106 Å². The SMILES string of the molecule is O=c1c(N=Nc2cccc(Cl)c2)c(-c2ccccc2)[nH]n1-c1nc(-c2ccccc2)cs1. The Morgan fingerprint density at radius 3 is 2.31 bits per heavy atom. The van der Waals surface area contributed by atoms with E-state index in [1.807, 2.05) is 66.0 Å². The first-order valence-corrected chi connectivity index (χ1v) is 11.0. The van der Waals surface area contributed by atoms with E-state index in [0.717, 1.165) is 16.8 Å². The van der Waals surface area contributed by atoms with Gasteiger partial charge in [0, 0.05) is 21.5 Å². The minimum atomic E-state index is -0.330. The smallest absolute Gasteiger partial charge is 0.286 e. The molecule has 0 spiro atoms. The molecular formula is C24H16ClN5OS. The third-order valence-electron chi connectivity index (χ3n) is 4.76. The Kier molecular flexibility index (Phi) is 5.49. The van der Waals surface area contributed by atoms with Crippen molar-refractivity contribution in [3.8, 4) is 27.6 Å². The fraction of sp³-hybridized carbons (Fsp3) is 0. The standard InChI is InChI=1S/C24H16ClN5OS/c25-18-12-7-13-19(14-18)27-28-22-21(17-10-5-2-6-11-17)29-30(23(22)31)24-26-20(15-32-24)16-8-3-1-4-9-16/h1-15,29H. The molecule has 0 atom stereocenters. The zero-order valence-corrected chi connectivity index (χ0v) is 18.2. The number of aromatic nitrogens is 3. The molecule has 1 N–H and O–H groups in total. The van der Waals surface area contributed by atoms with Crippen LogP contribution >= 0.6 is 22.9 Å². The van der Waals surface area contributed by atoms with E-state index in [0.29, 0.717) is 21.5 Å². The maximum Gasteiger partial charge on any atom is 0.301 e. The number of nitrogens with zero attached hydrogens (tertiary/aromatic N) is 4.